The summed E-state index contributed by atoms with van der Waals surface area (Å²) in [5.74, 6) is 7.74. The van der Waals surface area contributed by atoms with Gasteiger partial charge in [0.1, 0.15) is 18.1 Å². The Morgan fingerprint density at radius 3 is 2.76 bits per heavy atom. The summed E-state index contributed by atoms with van der Waals surface area (Å²) in [6.07, 6.45) is 0. The van der Waals surface area contributed by atoms with E-state index in [1.165, 1.54) is 5.56 Å². The molecule has 0 aliphatic rings. The van der Waals surface area contributed by atoms with Crippen LogP contribution in [0.5, 0.6) is 11.5 Å². The van der Waals surface area contributed by atoms with Gasteiger partial charge in [-0.3, -0.25) is 0 Å². The molecule has 2 nitrogen and oxygen atoms in total. The topological polar surface area (TPSA) is 18.5 Å². The Kier molecular flexibility index (Phi) is 5.54. The van der Waals surface area contributed by atoms with Crippen molar-refractivity contribution in [3.8, 4) is 23.3 Å². The van der Waals surface area contributed by atoms with Crippen molar-refractivity contribution in [2.75, 3.05) is 13.0 Å². The van der Waals surface area contributed by atoms with Gasteiger partial charge < -0.3 is 9.47 Å². The summed E-state index contributed by atoms with van der Waals surface area (Å²) in [5, 5.41) is 0. The number of methoxy groups -OCH3 is 1. The molecule has 0 atom stereocenters. The van der Waals surface area contributed by atoms with Gasteiger partial charge in [0.2, 0.25) is 0 Å². The molecule has 21 heavy (non-hydrogen) atoms. The molecule has 2 aromatic carbocycles. The second-order valence-corrected chi connectivity index (χ2v) is 4.83. The van der Waals surface area contributed by atoms with Gasteiger partial charge in [-0.25, -0.2) is 0 Å². The van der Waals surface area contributed by atoms with Crippen LogP contribution in [0.15, 0.2) is 42.5 Å². The molecule has 0 aliphatic carbocycles. The van der Waals surface area contributed by atoms with Gasteiger partial charge in [0, 0.05) is 11.1 Å². The monoisotopic (exact) mass is 300 g/mol. The maximum Gasteiger partial charge on any atom is 0.125 e. The predicted molar refractivity (Wildman–Crippen MR) is 86.1 cm³/mol. The number of alkyl halides is 1. The van der Waals surface area contributed by atoms with Crippen molar-refractivity contribution in [2.45, 2.75) is 13.5 Å². The zero-order valence-corrected chi connectivity index (χ0v) is 12.9. The highest BCUT2D eigenvalue weighted by Crippen LogP contribution is 2.22. The van der Waals surface area contributed by atoms with E-state index < -0.39 is 0 Å². The molecule has 2 aromatic rings. The summed E-state index contributed by atoms with van der Waals surface area (Å²) >= 11 is 5.56. The smallest absolute Gasteiger partial charge is 0.125 e. The van der Waals surface area contributed by atoms with Gasteiger partial charge in [-0.1, -0.05) is 29.5 Å². The van der Waals surface area contributed by atoms with Gasteiger partial charge in [-0.15, -0.1) is 11.6 Å². The van der Waals surface area contributed by atoms with Gasteiger partial charge in [0.05, 0.1) is 13.0 Å². The van der Waals surface area contributed by atoms with Crippen LogP contribution >= 0.6 is 11.6 Å². The van der Waals surface area contributed by atoms with E-state index in [1.54, 1.807) is 7.11 Å². The van der Waals surface area contributed by atoms with Crippen LogP contribution in [-0.4, -0.2) is 13.0 Å². The highest BCUT2D eigenvalue weighted by molar-refractivity contribution is 6.19. The third-order valence-electron chi connectivity index (χ3n) is 2.96. The van der Waals surface area contributed by atoms with E-state index in [0.29, 0.717) is 12.5 Å². The van der Waals surface area contributed by atoms with Gasteiger partial charge in [-0.05, 0) is 37.3 Å². The van der Waals surface area contributed by atoms with Crippen LogP contribution in [0.2, 0.25) is 0 Å². The van der Waals surface area contributed by atoms with Crippen molar-refractivity contribution in [3.05, 3.63) is 59.2 Å². The first-order valence-corrected chi connectivity index (χ1v) is 7.17. The Labute approximate surface area is 130 Å². The lowest BCUT2D eigenvalue weighted by molar-refractivity contribution is 0.296. The molecule has 0 radical (unpaired) electrons. The Morgan fingerprint density at radius 2 is 2.00 bits per heavy atom. The largest absolute Gasteiger partial charge is 0.496 e. The fourth-order valence-corrected chi connectivity index (χ4v) is 2.05. The lowest BCUT2D eigenvalue weighted by Gasteiger charge is -2.11. The lowest BCUT2D eigenvalue weighted by atomic mass is 10.1. The summed E-state index contributed by atoms with van der Waals surface area (Å²) in [5.41, 5.74) is 3.09. The van der Waals surface area contributed by atoms with Crippen LogP contribution in [-0.2, 0) is 6.61 Å². The summed E-state index contributed by atoms with van der Waals surface area (Å²) in [7, 11) is 1.66. The molecule has 0 fully saturated rings. The fraction of sp³-hybridized carbons (Fsp3) is 0.222. The van der Waals surface area contributed by atoms with Crippen LogP contribution < -0.4 is 9.47 Å². The minimum atomic E-state index is 0.325. The van der Waals surface area contributed by atoms with Crippen molar-refractivity contribution in [1.29, 1.82) is 0 Å². The van der Waals surface area contributed by atoms with Crippen LogP contribution in [0, 0.1) is 18.8 Å². The molecule has 0 spiro atoms. The van der Waals surface area contributed by atoms with Gasteiger partial charge in [0.15, 0.2) is 0 Å². The summed E-state index contributed by atoms with van der Waals surface area (Å²) < 4.78 is 11.2. The first kappa shape index (κ1) is 15.3. The Morgan fingerprint density at radius 1 is 1.14 bits per heavy atom. The minimum absolute atomic E-state index is 0.325. The molecule has 3 heteroatoms. The standard InChI is InChI=1S/C18H17ClO2/c1-14-8-9-18(20-2)16(11-14)13-21-17-7-3-5-15(12-17)6-4-10-19/h3,5,7-9,11-12H,10,13H2,1-2H3. The number of halogens is 1. The van der Waals surface area contributed by atoms with Crippen LogP contribution in [0.25, 0.3) is 0 Å². The number of ether oxygens (including phenoxy) is 2. The second kappa shape index (κ2) is 7.61. The first-order chi connectivity index (χ1) is 10.2. The Bertz CT molecular complexity index is 668. The molecular weight excluding hydrogens is 284 g/mol. The summed E-state index contributed by atoms with van der Waals surface area (Å²) in [4.78, 5) is 0. The van der Waals surface area contributed by atoms with Crippen molar-refractivity contribution >= 4 is 11.6 Å². The maximum atomic E-state index is 5.83. The molecule has 108 valence electrons. The van der Waals surface area contributed by atoms with Crippen LogP contribution in [0.1, 0.15) is 16.7 Å². The van der Waals surface area contributed by atoms with E-state index in [4.69, 9.17) is 21.1 Å². The van der Waals surface area contributed by atoms with E-state index >= 15 is 0 Å². The van der Waals surface area contributed by atoms with Crippen molar-refractivity contribution in [1.82, 2.24) is 0 Å². The van der Waals surface area contributed by atoms with E-state index in [0.717, 1.165) is 22.6 Å². The van der Waals surface area contributed by atoms with E-state index in [1.807, 2.05) is 43.3 Å². The number of rotatable bonds is 4. The van der Waals surface area contributed by atoms with Crippen LogP contribution in [0.3, 0.4) is 0 Å². The molecular formula is C18H17ClO2. The number of benzene rings is 2. The average Bonchev–Trinajstić information content (AvgIpc) is 2.51. The van der Waals surface area contributed by atoms with Crippen molar-refractivity contribution in [2.24, 2.45) is 0 Å². The Hall–Kier alpha value is -2.11. The highest BCUT2D eigenvalue weighted by atomic mass is 35.5. The quantitative estimate of drug-likeness (QED) is 0.623. The number of hydrogen-bond donors (Lipinski definition) is 0. The number of hydrogen-bond acceptors (Lipinski definition) is 2. The molecule has 0 bridgehead atoms. The number of aryl methyl sites for hydroxylation is 1. The van der Waals surface area contributed by atoms with E-state index in [-0.39, 0.29) is 0 Å². The lowest BCUT2D eigenvalue weighted by Crippen LogP contribution is -1.99. The fourth-order valence-electron chi connectivity index (χ4n) is 1.98. The van der Waals surface area contributed by atoms with Crippen LogP contribution in [0.4, 0.5) is 0 Å². The molecule has 0 amide bonds. The molecule has 0 saturated carbocycles. The zero-order valence-electron chi connectivity index (χ0n) is 12.2. The SMILES string of the molecule is COc1ccc(C)cc1COc1cccc(C#CCCl)c1. The molecule has 0 heterocycles. The summed E-state index contributed by atoms with van der Waals surface area (Å²) in [6.45, 7) is 2.50. The predicted octanol–water partition coefficient (Wildman–Crippen LogP) is 4.17. The third kappa shape index (κ3) is 4.44. The molecule has 0 saturated heterocycles. The van der Waals surface area contributed by atoms with Crippen molar-refractivity contribution < 1.29 is 9.47 Å². The third-order valence-corrected chi connectivity index (χ3v) is 3.10. The normalized spacial score (nSPS) is 9.67. The van der Waals surface area contributed by atoms with E-state index in [2.05, 4.69) is 17.9 Å². The maximum absolute atomic E-state index is 5.83. The molecule has 0 aliphatic heterocycles. The summed E-state index contributed by atoms with van der Waals surface area (Å²) in [6, 6.07) is 13.7. The van der Waals surface area contributed by atoms with Gasteiger partial charge >= 0.3 is 0 Å². The molecule has 0 unspecified atom stereocenters. The van der Waals surface area contributed by atoms with E-state index in [9.17, 15) is 0 Å². The van der Waals surface area contributed by atoms with Crippen molar-refractivity contribution in [3.63, 3.8) is 0 Å². The molecule has 0 aromatic heterocycles. The first-order valence-electron chi connectivity index (χ1n) is 6.64. The second-order valence-electron chi connectivity index (χ2n) is 4.57. The highest BCUT2D eigenvalue weighted by Gasteiger charge is 2.04. The van der Waals surface area contributed by atoms with Gasteiger partial charge in [-0.2, -0.15) is 0 Å². The van der Waals surface area contributed by atoms with Gasteiger partial charge in [0.25, 0.3) is 0 Å². The Balaban J connectivity index is 2.11. The molecule has 2 rings (SSSR count). The minimum Gasteiger partial charge on any atom is -0.496 e. The zero-order chi connectivity index (χ0) is 15.1. The molecule has 0 N–H and O–H groups in total. The average molecular weight is 301 g/mol.